The molecular weight excluding hydrogens is 250 g/mol. The minimum Gasteiger partial charge on any atom is -0.489 e. The molecule has 1 N–H and O–H groups in total. The molecule has 1 amide bonds. The van der Waals surface area contributed by atoms with Crippen molar-refractivity contribution in [3.8, 4) is 5.75 Å². The molecule has 1 aliphatic rings. The van der Waals surface area contributed by atoms with E-state index in [2.05, 4.69) is 32.2 Å². The lowest BCUT2D eigenvalue weighted by Crippen LogP contribution is -2.25. The molecule has 0 fully saturated rings. The molecule has 1 aliphatic heterocycles. The molecule has 0 saturated carbocycles. The number of fused-ring (bicyclic) bond motifs is 1. The quantitative estimate of drug-likeness (QED) is 0.800. The highest BCUT2D eigenvalue weighted by Crippen LogP contribution is 2.40. The summed E-state index contributed by atoms with van der Waals surface area (Å²) in [4.78, 5) is 12.3. The first-order valence-corrected chi connectivity index (χ1v) is 7.73. The Labute approximate surface area is 121 Å². The summed E-state index contributed by atoms with van der Waals surface area (Å²) in [5.41, 5.74) is 1.82. The van der Waals surface area contributed by atoms with E-state index < -0.39 is 0 Å². The number of nitrogens with one attached hydrogen (secondary N) is 1. The van der Waals surface area contributed by atoms with E-state index in [4.69, 9.17) is 4.74 Å². The highest BCUT2D eigenvalue weighted by Gasteiger charge is 2.30. The first kappa shape index (κ1) is 14.9. The van der Waals surface area contributed by atoms with Crippen LogP contribution in [0.1, 0.15) is 68.3 Å². The Morgan fingerprint density at radius 1 is 1.25 bits per heavy atom. The zero-order valence-corrected chi connectivity index (χ0v) is 12.7. The van der Waals surface area contributed by atoms with Crippen LogP contribution in [0, 0.1) is 0 Å². The normalized spacial score (nSPS) is 20.4. The van der Waals surface area contributed by atoms with Gasteiger partial charge in [-0.1, -0.05) is 45.2 Å². The number of amides is 1. The summed E-state index contributed by atoms with van der Waals surface area (Å²) in [6.45, 7) is 7.12. The molecule has 0 aliphatic carbocycles. The van der Waals surface area contributed by atoms with Gasteiger partial charge in [-0.3, -0.25) is 4.79 Å². The third kappa shape index (κ3) is 3.14. The van der Waals surface area contributed by atoms with E-state index in [0.29, 0.717) is 11.5 Å². The second-order valence-electron chi connectivity index (χ2n) is 5.65. The molecule has 2 atom stereocenters. The first-order valence-electron chi connectivity index (χ1n) is 7.73. The summed E-state index contributed by atoms with van der Waals surface area (Å²) in [5.74, 6) is 1.11. The number of hydrogen-bond acceptors (Lipinski definition) is 2. The van der Waals surface area contributed by atoms with Gasteiger partial charge in [0.05, 0.1) is 5.56 Å². The lowest BCUT2D eigenvalue weighted by molar-refractivity contribution is 0.0948. The van der Waals surface area contributed by atoms with E-state index in [1.54, 1.807) is 0 Å². The van der Waals surface area contributed by atoms with Gasteiger partial charge in [0.2, 0.25) is 0 Å². The number of hydrogen-bond donors (Lipinski definition) is 1. The summed E-state index contributed by atoms with van der Waals surface area (Å²) < 4.78 is 5.86. The van der Waals surface area contributed by atoms with Crippen molar-refractivity contribution in [1.82, 2.24) is 5.32 Å². The molecule has 2 rings (SSSR count). The molecule has 0 aromatic heterocycles. The molecule has 1 heterocycles. The monoisotopic (exact) mass is 275 g/mol. The van der Waals surface area contributed by atoms with Crippen LogP contribution < -0.4 is 10.1 Å². The van der Waals surface area contributed by atoms with Gasteiger partial charge in [0.15, 0.2) is 0 Å². The Kier molecular flexibility index (Phi) is 5.05. The molecule has 0 saturated heterocycles. The summed E-state index contributed by atoms with van der Waals surface area (Å²) in [5, 5.41) is 3.00. The second kappa shape index (κ2) is 6.78. The molecule has 2 unspecified atom stereocenters. The van der Waals surface area contributed by atoms with Gasteiger partial charge < -0.3 is 10.1 Å². The van der Waals surface area contributed by atoms with Crippen LogP contribution in [0.2, 0.25) is 0 Å². The van der Waals surface area contributed by atoms with Crippen molar-refractivity contribution in [3.63, 3.8) is 0 Å². The van der Waals surface area contributed by atoms with Gasteiger partial charge >= 0.3 is 0 Å². The van der Waals surface area contributed by atoms with Crippen LogP contribution in [0.4, 0.5) is 0 Å². The Bertz CT molecular complexity index is 470. The SMILES string of the molecule is CCCCCCNC(=O)c1cccc2c1OC(C)C2C. The summed E-state index contributed by atoms with van der Waals surface area (Å²) in [7, 11) is 0. The van der Waals surface area contributed by atoms with E-state index >= 15 is 0 Å². The minimum atomic E-state index is -0.0142. The third-order valence-corrected chi connectivity index (χ3v) is 4.10. The largest absolute Gasteiger partial charge is 0.489 e. The fourth-order valence-corrected chi connectivity index (χ4v) is 2.61. The number of carbonyl (C=O) groups is 1. The second-order valence-corrected chi connectivity index (χ2v) is 5.65. The molecule has 0 radical (unpaired) electrons. The number of ether oxygens (including phenoxy) is 1. The van der Waals surface area contributed by atoms with Gasteiger partial charge in [-0.05, 0) is 19.4 Å². The summed E-state index contributed by atoms with van der Waals surface area (Å²) in [6.07, 6.45) is 4.80. The molecule has 3 nitrogen and oxygen atoms in total. The number of rotatable bonds is 6. The summed E-state index contributed by atoms with van der Waals surface area (Å²) >= 11 is 0. The van der Waals surface area contributed by atoms with Crippen molar-refractivity contribution >= 4 is 5.91 Å². The molecule has 1 aromatic rings. The average molecular weight is 275 g/mol. The fraction of sp³-hybridized carbons (Fsp3) is 0.588. The van der Waals surface area contributed by atoms with E-state index in [9.17, 15) is 4.79 Å². The predicted octanol–water partition coefficient (Wildman–Crippen LogP) is 3.88. The number of para-hydroxylation sites is 1. The molecule has 1 aromatic carbocycles. The highest BCUT2D eigenvalue weighted by molar-refractivity contribution is 5.97. The van der Waals surface area contributed by atoms with Crippen LogP contribution in [0.5, 0.6) is 5.75 Å². The topological polar surface area (TPSA) is 38.3 Å². The molecular formula is C17H25NO2. The minimum absolute atomic E-state index is 0.0142. The Morgan fingerprint density at radius 2 is 2.05 bits per heavy atom. The van der Waals surface area contributed by atoms with Crippen molar-refractivity contribution in [2.24, 2.45) is 0 Å². The van der Waals surface area contributed by atoms with Crippen LogP contribution in [-0.4, -0.2) is 18.6 Å². The van der Waals surface area contributed by atoms with E-state index in [1.165, 1.54) is 19.3 Å². The van der Waals surface area contributed by atoms with Gasteiger partial charge in [0.25, 0.3) is 5.91 Å². The van der Waals surface area contributed by atoms with Gasteiger partial charge in [-0.25, -0.2) is 0 Å². The van der Waals surface area contributed by atoms with Gasteiger partial charge in [-0.15, -0.1) is 0 Å². The van der Waals surface area contributed by atoms with Crippen molar-refractivity contribution in [2.75, 3.05) is 6.54 Å². The maximum absolute atomic E-state index is 12.3. The standard InChI is InChI=1S/C17H25NO2/c1-4-5-6-7-11-18-17(19)15-10-8-9-14-12(2)13(3)20-16(14)15/h8-10,12-13H,4-7,11H2,1-3H3,(H,18,19). The maximum Gasteiger partial charge on any atom is 0.255 e. The Balaban J connectivity index is 1.98. The van der Waals surface area contributed by atoms with Crippen LogP contribution >= 0.6 is 0 Å². The van der Waals surface area contributed by atoms with Crippen molar-refractivity contribution in [2.45, 2.75) is 58.5 Å². The molecule has 20 heavy (non-hydrogen) atoms. The van der Waals surface area contributed by atoms with Crippen molar-refractivity contribution in [1.29, 1.82) is 0 Å². The first-order chi connectivity index (χ1) is 9.65. The van der Waals surface area contributed by atoms with Crippen molar-refractivity contribution < 1.29 is 9.53 Å². The summed E-state index contributed by atoms with van der Waals surface area (Å²) in [6, 6.07) is 5.86. The van der Waals surface area contributed by atoms with E-state index in [0.717, 1.165) is 24.3 Å². The molecule has 110 valence electrons. The zero-order valence-electron chi connectivity index (χ0n) is 12.7. The van der Waals surface area contributed by atoms with Crippen LogP contribution in [0.15, 0.2) is 18.2 Å². The zero-order chi connectivity index (χ0) is 14.5. The molecule has 3 heteroatoms. The smallest absolute Gasteiger partial charge is 0.255 e. The van der Waals surface area contributed by atoms with E-state index in [1.807, 2.05) is 12.1 Å². The number of unbranched alkanes of at least 4 members (excludes halogenated alkanes) is 3. The molecule has 0 spiro atoms. The maximum atomic E-state index is 12.3. The van der Waals surface area contributed by atoms with Crippen LogP contribution in [0.25, 0.3) is 0 Å². The average Bonchev–Trinajstić information content (AvgIpc) is 2.74. The van der Waals surface area contributed by atoms with E-state index in [-0.39, 0.29) is 12.0 Å². The van der Waals surface area contributed by atoms with Gasteiger partial charge in [-0.2, -0.15) is 0 Å². The fourth-order valence-electron chi connectivity index (χ4n) is 2.61. The predicted molar refractivity (Wildman–Crippen MR) is 81.4 cm³/mol. The Hall–Kier alpha value is -1.51. The van der Waals surface area contributed by atoms with Crippen molar-refractivity contribution in [3.05, 3.63) is 29.3 Å². The van der Waals surface area contributed by atoms with Gasteiger partial charge in [0.1, 0.15) is 11.9 Å². The third-order valence-electron chi connectivity index (χ3n) is 4.10. The lowest BCUT2D eigenvalue weighted by Gasteiger charge is -2.10. The number of benzene rings is 1. The van der Waals surface area contributed by atoms with Crippen LogP contribution in [-0.2, 0) is 0 Å². The Morgan fingerprint density at radius 3 is 2.80 bits per heavy atom. The van der Waals surface area contributed by atoms with Gasteiger partial charge in [0, 0.05) is 18.0 Å². The molecule has 0 bridgehead atoms. The highest BCUT2D eigenvalue weighted by atomic mass is 16.5. The lowest BCUT2D eigenvalue weighted by atomic mass is 9.97. The number of carbonyl (C=O) groups excluding carboxylic acids is 1. The van der Waals surface area contributed by atoms with Crippen LogP contribution in [0.3, 0.4) is 0 Å².